The Morgan fingerprint density at radius 1 is 1.38 bits per heavy atom. The molecule has 78 valence electrons. The van der Waals surface area contributed by atoms with Gasteiger partial charge in [0.1, 0.15) is 0 Å². The number of nitrogens with one attached hydrogen (secondary N) is 1. The fraction of sp³-hybridized carbons (Fsp3) is 1.00. The zero-order valence-electron chi connectivity index (χ0n) is 8.97. The number of hydrogen-bond acceptors (Lipinski definition) is 2. The van der Waals surface area contributed by atoms with Gasteiger partial charge in [-0.1, -0.05) is 26.7 Å². The van der Waals surface area contributed by atoms with E-state index in [-0.39, 0.29) is 5.60 Å². The molecule has 13 heavy (non-hydrogen) atoms. The van der Waals surface area contributed by atoms with Crippen LogP contribution in [0.5, 0.6) is 0 Å². The second-order valence-electron chi connectivity index (χ2n) is 4.57. The van der Waals surface area contributed by atoms with Crippen LogP contribution in [0.15, 0.2) is 0 Å². The molecular formula is C11H23NO. The maximum Gasteiger partial charge on any atom is 0.0674 e. The Morgan fingerprint density at radius 3 is 2.54 bits per heavy atom. The van der Waals surface area contributed by atoms with Crippen molar-refractivity contribution in [2.24, 2.45) is 5.92 Å². The quantitative estimate of drug-likeness (QED) is 0.701. The van der Waals surface area contributed by atoms with Gasteiger partial charge < -0.3 is 10.4 Å². The molecule has 1 heterocycles. The Hall–Kier alpha value is -0.0800. The van der Waals surface area contributed by atoms with Crippen LogP contribution in [0.25, 0.3) is 0 Å². The first kappa shape index (κ1) is 11.0. The van der Waals surface area contributed by atoms with Gasteiger partial charge in [0.15, 0.2) is 0 Å². The van der Waals surface area contributed by atoms with Crippen molar-refractivity contribution in [3.63, 3.8) is 0 Å². The van der Waals surface area contributed by atoms with Crippen LogP contribution in [0.2, 0.25) is 0 Å². The standard InChI is InChI=1S/C11H23NO/c1-3-4-10(2)9-11(13)5-7-12-8-6-11/h10,12-13H,3-9H2,1-2H3. The molecule has 1 aliphatic heterocycles. The van der Waals surface area contributed by atoms with Crippen molar-refractivity contribution >= 4 is 0 Å². The molecule has 0 saturated carbocycles. The zero-order chi connectivity index (χ0) is 9.73. The lowest BCUT2D eigenvalue weighted by Gasteiger charge is -2.34. The molecule has 0 amide bonds. The van der Waals surface area contributed by atoms with Crippen LogP contribution in [0.4, 0.5) is 0 Å². The van der Waals surface area contributed by atoms with Gasteiger partial charge in [0.05, 0.1) is 5.60 Å². The van der Waals surface area contributed by atoms with Crippen molar-refractivity contribution in [1.82, 2.24) is 5.32 Å². The summed E-state index contributed by atoms with van der Waals surface area (Å²) in [4.78, 5) is 0. The Morgan fingerprint density at radius 2 is 2.00 bits per heavy atom. The smallest absolute Gasteiger partial charge is 0.0674 e. The molecule has 0 aromatic carbocycles. The van der Waals surface area contributed by atoms with Gasteiger partial charge in [0.2, 0.25) is 0 Å². The summed E-state index contributed by atoms with van der Waals surface area (Å²) >= 11 is 0. The molecule has 1 unspecified atom stereocenters. The van der Waals surface area contributed by atoms with Crippen LogP contribution in [-0.4, -0.2) is 23.8 Å². The molecule has 0 aliphatic carbocycles. The van der Waals surface area contributed by atoms with Gasteiger partial charge in [-0.15, -0.1) is 0 Å². The molecule has 2 heteroatoms. The maximum atomic E-state index is 10.2. The Balaban J connectivity index is 2.31. The van der Waals surface area contributed by atoms with E-state index in [1.807, 2.05) is 0 Å². The van der Waals surface area contributed by atoms with Crippen molar-refractivity contribution < 1.29 is 5.11 Å². The summed E-state index contributed by atoms with van der Waals surface area (Å²) in [5.74, 6) is 0.674. The number of piperidine rings is 1. The van der Waals surface area contributed by atoms with Crippen LogP contribution in [0.1, 0.15) is 46.0 Å². The van der Waals surface area contributed by atoms with Gasteiger partial charge in [0, 0.05) is 0 Å². The fourth-order valence-corrected chi connectivity index (χ4v) is 2.34. The third kappa shape index (κ3) is 3.65. The van der Waals surface area contributed by atoms with Gasteiger partial charge >= 0.3 is 0 Å². The van der Waals surface area contributed by atoms with Crippen molar-refractivity contribution in [3.05, 3.63) is 0 Å². The Labute approximate surface area is 81.7 Å². The van der Waals surface area contributed by atoms with E-state index >= 15 is 0 Å². The minimum absolute atomic E-state index is 0.361. The van der Waals surface area contributed by atoms with E-state index in [4.69, 9.17) is 0 Å². The third-order valence-electron chi connectivity index (χ3n) is 3.04. The Kier molecular flexibility index (Phi) is 4.20. The monoisotopic (exact) mass is 185 g/mol. The van der Waals surface area contributed by atoms with Gasteiger partial charge in [-0.25, -0.2) is 0 Å². The van der Waals surface area contributed by atoms with E-state index < -0.39 is 0 Å². The van der Waals surface area contributed by atoms with Crippen LogP contribution in [0, 0.1) is 5.92 Å². The number of hydrogen-bond donors (Lipinski definition) is 2. The summed E-state index contributed by atoms with van der Waals surface area (Å²) in [5.41, 5.74) is -0.361. The van der Waals surface area contributed by atoms with Crippen molar-refractivity contribution in [2.75, 3.05) is 13.1 Å². The van der Waals surface area contributed by atoms with Crippen LogP contribution in [0.3, 0.4) is 0 Å². The second-order valence-corrected chi connectivity index (χ2v) is 4.57. The van der Waals surface area contributed by atoms with E-state index in [1.165, 1.54) is 12.8 Å². The average Bonchev–Trinajstić information content (AvgIpc) is 2.04. The molecule has 2 N–H and O–H groups in total. The van der Waals surface area contributed by atoms with E-state index in [2.05, 4.69) is 19.2 Å². The highest BCUT2D eigenvalue weighted by atomic mass is 16.3. The van der Waals surface area contributed by atoms with Gasteiger partial charge in [-0.3, -0.25) is 0 Å². The van der Waals surface area contributed by atoms with Gasteiger partial charge in [-0.2, -0.15) is 0 Å². The molecule has 0 bridgehead atoms. The zero-order valence-corrected chi connectivity index (χ0v) is 8.97. The van der Waals surface area contributed by atoms with E-state index in [0.29, 0.717) is 5.92 Å². The molecule has 1 saturated heterocycles. The van der Waals surface area contributed by atoms with Gasteiger partial charge in [0.25, 0.3) is 0 Å². The SMILES string of the molecule is CCCC(C)CC1(O)CCNCC1. The van der Waals surface area contributed by atoms with Crippen molar-refractivity contribution in [2.45, 2.75) is 51.6 Å². The first-order valence-electron chi connectivity index (χ1n) is 5.59. The van der Waals surface area contributed by atoms with Gasteiger partial charge in [-0.05, 0) is 38.3 Å². The molecule has 0 aromatic rings. The Bertz CT molecular complexity index is 141. The minimum atomic E-state index is -0.361. The van der Waals surface area contributed by atoms with Crippen molar-refractivity contribution in [3.8, 4) is 0 Å². The number of aliphatic hydroxyl groups is 1. The maximum absolute atomic E-state index is 10.2. The molecule has 1 fully saturated rings. The first-order chi connectivity index (χ1) is 6.16. The normalized spacial score (nSPS) is 24.2. The topological polar surface area (TPSA) is 32.3 Å². The molecular weight excluding hydrogens is 162 g/mol. The third-order valence-corrected chi connectivity index (χ3v) is 3.04. The molecule has 1 rings (SSSR count). The minimum Gasteiger partial charge on any atom is -0.390 e. The summed E-state index contributed by atoms with van der Waals surface area (Å²) < 4.78 is 0. The lowest BCUT2D eigenvalue weighted by atomic mass is 9.82. The molecule has 1 aliphatic rings. The van der Waals surface area contributed by atoms with E-state index in [1.54, 1.807) is 0 Å². The van der Waals surface area contributed by atoms with Crippen LogP contribution < -0.4 is 5.32 Å². The second kappa shape index (κ2) is 4.97. The summed E-state index contributed by atoms with van der Waals surface area (Å²) in [6, 6.07) is 0. The first-order valence-corrected chi connectivity index (χ1v) is 5.59. The highest BCUT2D eigenvalue weighted by molar-refractivity contribution is 4.85. The molecule has 1 atom stereocenters. The fourth-order valence-electron chi connectivity index (χ4n) is 2.34. The molecule has 0 radical (unpaired) electrons. The molecule has 2 nitrogen and oxygen atoms in total. The average molecular weight is 185 g/mol. The lowest BCUT2D eigenvalue weighted by Crippen LogP contribution is -2.42. The summed E-state index contributed by atoms with van der Waals surface area (Å²) in [7, 11) is 0. The van der Waals surface area contributed by atoms with Crippen LogP contribution in [-0.2, 0) is 0 Å². The highest BCUT2D eigenvalue weighted by Gasteiger charge is 2.30. The predicted octanol–water partition coefficient (Wildman–Crippen LogP) is 1.93. The van der Waals surface area contributed by atoms with E-state index in [0.717, 1.165) is 32.4 Å². The largest absolute Gasteiger partial charge is 0.390 e. The molecule has 0 aromatic heterocycles. The number of rotatable bonds is 4. The van der Waals surface area contributed by atoms with Crippen LogP contribution >= 0.6 is 0 Å². The summed E-state index contributed by atoms with van der Waals surface area (Å²) in [5, 5.41) is 13.5. The summed E-state index contributed by atoms with van der Waals surface area (Å²) in [6.07, 6.45) is 5.33. The predicted molar refractivity (Wildman–Crippen MR) is 55.7 cm³/mol. The summed E-state index contributed by atoms with van der Waals surface area (Å²) in [6.45, 7) is 6.43. The highest BCUT2D eigenvalue weighted by Crippen LogP contribution is 2.27. The van der Waals surface area contributed by atoms with E-state index in [9.17, 15) is 5.11 Å². The molecule has 0 spiro atoms. The van der Waals surface area contributed by atoms with Crippen molar-refractivity contribution in [1.29, 1.82) is 0 Å². The lowest BCUT2D eigenvalue weighted by molar-refractivity contribution is -0.0107.